The Morgan fingerprint density at radius 1 is 1.22 bits per heavy atom. The molecule has 0 fully saturated rings. The van der Waals surface area contributed by atoms with Gasteiger partial charge in [-0.1, -0.05) is 17.7 Å². The normalized spacial score (nSPS) is 12.0. The zero-order valence-electron chi connectivity index (χ0n) is 10.6. The molecule has 1 rings (SSSR count). The average molecular weight is 292 g/mol. The Labute approximate surface area is 114 Å². The van der Waals surface area contributed by atoms with Gasteiger partial charge >= 0.3 is 0 Å². The van der Waals surface area contributed by atoms with Crippen molar-refractivity contribution in [1.82, 2.24) is 4.31 Å². The molecule has 4 nitrogen and oxygen atoms in total. The number of hydrogen-bond donors (Lipinski definition) is 0. The van der Waals surface area contributed by atoms with Gasteiger partial charge in [0.15, 0.2) is 0 Å². The third kappa shape index (κ3) is 4.24. The Balaban J connectivity index is 2.65. The molecule has 0 saturated carbocycles. The van der Waals surface area contributed by atoms with Crippen LogP contribution in [0.15, 0.2) is 29.2 Å². The molecular formula is C12H18ClNO3S. The lowest BCUT2D eigenvalue weighted by atomic mass is 10.2. The molecule has 0 aliphatic rings. The monoisotopic (exact) mass is 291 g/mol. The number of hydrogen-bond acceptors (Lipinski definition) is 3. The van der Waals surface area contributed by atoms with Crippen molar-refractivity contribution in [2.24, 2.45) is 0 Å². The van der Waals surface area contributed by atoms with Gasteiger partial charge in [0, 0.05) is 19.5 Å². The fraction of sp³-hybridized carbons (Fsp3) is 0.500. The van der Waals surface area contributed by atoms with Crippen LogP contribution in [0.1, 0.15) is 5.56 Å². The van der Waals surface area contributed by atoms with Gasteiger partial charge in [0.2, 0.25) is 10.0 Å². The van der Waals surface area contributed by atoms with E-state index in [-0.39, 0.29) is 0 Å². The highest BCUT2D eigenvalue weighted by atomic mass is 35.5. The first kappa shape index (κ1) is 15.4. The van der Waals surface area contributed by atoms with Crippen LogP contribution in [0.4, 0.5) is 0 Å². The molecule has 0 N–H and O–H groups in total. The zero-order valence-corrected chi connectivity index (χ0v) is 12.2. The highest BCUT2D eigenvalue weighted by molar-refractivity contribution is 7.89. The minimum atomic E-state index is -3.42. The van der Waals surface area contributed by atoms with Crippen molar-refractivity contribution in [3.8, 4) is 0 Å². The first-order valence-corrected chi connectivity index (χ1v) is 7.62. The van der Waals surface area contributed by atoms with E-state index in [1.807, 2.05) is 6.92 Å². The van der Waals surface area contributed by atoms with E-state index >= 15 is 0 Å². The second-order valence-electron chi connectivity index (χ2n) is 3.94. The Morgan fingerprint density at radius 2 is 1.83 bits per heavy atom. The summed E-state index contributed by atoms with van der Waals surface area (Å²) in [4.78, 5) is 0.299. The third-order valence-corrected chi connectivity index (χ3v) is 4.53. The van der Waals surface area contributed by atoms with E-state index in [1.54, 1.807) is 31.3 Å². The second-order valence-corrected chi connectivity index (χ2v) is 6.36. The lowest BCUT2D eigenvalue weighted by molar-refractivity contribution is 0.140. The highest BCUT2D eigenvalue weighted by Gasteiger charge is 2.19. The number of likely N-dealkylation sites (N-methyl/N-ethyl adjacent to an activating group) is 1. The summed E-state index contributed by atoms with van der Waals surface area (Å²) in [5.41, 5.74) is 1.03. The number of aryl methyl sites for hydroxylation is 1. The van der Waals surface area contributed by atoms with E-state index < -0.39 is 10.0 Å². The summed E-state index contributed by atoms with van der Waals surface area (Å²) >= 11 is 5.46. The van der Waals surface area contributed by atoms with E-state index in [4.69, 9.17) is 16.3 Å². The van der Waals surface area contributed by atoms with Gasteiger partial charge in [0.25, 0.3) is 0 Å². The van der Waals surface area contributed by atoms with Gasteiger partial charge in [-0.2, -0.15) is 4.31 Å². The maximum absolute atomic E-state index is 12.2. The molecule has 102 valence electrons. The molecule has 18 heavy (non-hydrogen) atoms. The Morgan fingerprint density at radius 3 is 2.39 bits per heavy atom. The number of nitrogens with zero attached hydrogens (tertiary/aromatic N) is 1. The largest absolute Gasteiger partial charge is 0.379 e. The molecule has 0 heterocycles. The number of halogens is 1. The first-order valence-electron chi connectivity index (χ1n) is 5.65. The maximum Gasteiger partial charge on any atom is 0.242 e. The molecule has 0 aromatic heterocycles. The summed E-state index contributed by atoms with van der Waals surface area (Å²) in [6, 6.07) is 6.79. The van der Waals surface area contributed by atoms with Crippen LogP contribution in [0.5, 0.6) is 0 Å². The van der Waals surface area contributed by atoms with Gasteiger partial charge in [-0.15, -0.1) is 11.6 Å². The standard InChI is InChI=1S/C12H18ClNO3S/c1-11-3-5-12(6-4-11)18(15,16)14(2)8-10-17-9-7-13/h3-6H,7-10H2,1-2H3. The number of benzene rings is 1. The molecule has 0 atom stereocenters. The molecular weight excluding hydrogens is 274 g/mol. The average Bonchev–Trinajstić information content (AvgIpc) is 2.35. The predicted molar refractivity (Wildman–Crippen MR) is 72.5 cm³/mol. The van der Waals surface area contributed by atoms with Crippen LogP contribution < -0.4 is 0 Å². The van der Waals surface area contributed by atoms with E-state index in [0.717, 1.165) is 5.56 Å². The van der Waals surface area contributed by atoms with Gasteiger partial charge < -0.3 is 4.74 Å². The lowest BCUT2D eigenvalue weighted by Gasteiger charge is -2.17. The van der Waals surface area contributed by atoms with Crippen molar-refractivity contribution in [3.05, 3.63) is 29.8 Å². The van der Waals surface area contributed by atoms with Crippen LogP contribution in [0, 0.1) is 6.92 Å². The van der Waals surface area contributed by atoms with Gasteiger partial charge in [-0.05, 0) is 19.1 Å². The van der Waals surface area contributed by atoms with Crippen LogP contribution in [0.3, 0.4) is 0 Å². The number of sulfonamides is 1. The fourth-order valence-corrected chi connectivity index (χ4v) is 2.62. The molecule has 6 heteroatoms. The summed E-state index contributed by atoms with van der Waals surface area (Å²) < 4.78 is 30.8. The number of ether oxygens (including phenoxy) is 1. The Bertz CT molecular complexity index is 459. The van der Waals surface area contributed by atoms with Crippen molar-refractivity contribution >= 4 is 21.6 Å². The maximum atomic E-state index is 12.2. The topological polar surface area (TPSA) is 46.6 Å². The lowest BCUT2D eigenvalue weighted by Crippen LogP contribution is -2.30. The molecule has 0 aliphatic carbocycles. The van der Waals surface area contributed by atoms with Crippen LogP contribution in [-0.2, 0) is 14.8 Å². The van der Waals surface area contributed by atoms with E-state index in [2.05, 4.69) is 0 Å². The van der Waals surface area contributed by atoms with Crippen LogP contribution in [-0.4, -0.2) is 45.4 Å². The molecule has 0 radical (unpaired) electrons. The van der Waals surface area contributed by atoms with Crippen molar-refractivity contribution in [2.75, 3.05) is 32.7 Å². The van der Waals surface area contributed by atoms with Gasteiger partial charge in [-0.3, -0.25) is 0 Å². The minimum Gasteiger partial charge on any atom is -0.379 e. The molecule has 0 spiro atoms. The van der Waals surface area contributed by atoms with Crippen molar-refractivity contribution < 1.29 is 13.2 Å². The van der Waals surface area contributed by atoms with E-state index in [1.165, 1.54) is 4.31 Å². The molecule has 1 aromatic carbocycles. The summed E-state index contributed by atoms with van der Waals surface area (Å²) in [6.45, 7) is 3.00. The SMILES string of the molecule is Cc1ccc(S(=O)(=O)N(C)CCOCCCl)cc1. The van der Waals surface area contributed by atoms with Gasteiger partial charge in [0.1, 0.15) is 0 Å². The molecule has 1 aromatic rings. The molecule has 0 amide bonds. The quantitative estimate of drug-likeness (QED) is 0.569. The van der Waals surface area contributed by atoms with E-state index in [0.29, 0.717) is 30.5 Å². The minimum absolute atomic E-state index is 0.299. The van der Waals surface area contributed by atoms with Gasteiger partial charge in [0.05, 0.1) is 18.1 Å². The van der Waals surface area contributed by atoms with Crippen molar-refractivity contribution in [1.29, 1.82) is 0 Å². The molecule has 0 bridgehead atoms. The summed E-state index contributed by atoms with van der Waals surface area (Å²) in [6.07, 6.45) is 0. The highest BCUT2D eigenvalue weighted by Crippen LogP contribution is 2.14. The predicted octanol–water partition coefficient (Wildman–Crippen LogP) is 1.87. The smallest absolute Gasteiger partial charge is 0.242 e. The third-order valence-electron chi connectivity index (χ3n) is 2.50. The van der Waals surface area contributed by atoms with Crippen LogP contribution in [0.2, 0.25) is 0 Å². The number of alkyl halides is 1. The summed E-state index contributed by atoms with van der Waals surface area (Å²) in [5.74, 6) is 0.411. The molecule has 0 aliphatic heterocycles. The van der Waals surface area contributed by atoms with Crippen molar-refractivity contribution in [3.63, 3.8) is 0 Å². The molecule has 0 unspecified atom stereocenters. The summed E-state index contributed by atoms with van der Waals surface area (Å²) in [5, 5.41) is 0. The Kier molecular flexibility index (Phi) is 6.08. The zero-order chi connectivity index (χ0) is 13.6. The van der Waals surface area contributed by atoms with E-state index in [9.17, 15) is 8.42 Å². The van der Waals surface area contributed by atoms with Crippen LogP contribution >= 0.6 is 11.6 Å². The Hall–Kier alpha value is -0.620. The van der Waals surface area contributed by atoms with Crippen LogP contribution in [0.25, 0.3) is 0 Å². The van der Waals surface area contributed by atoms with Crippen molar-refractivity contribution in [2.45, 2.75) is 11.8 Å². The summed E-state index contributed by atoms with van der Waals surface area (Å²) in [7, 11) is -1.88. The number of rotatable bonds is 7. The first-order chi connectivity index (χ1) is 8.48. The fourth-order valence-electron chi connectivity index (χ4n) is 1.36. The second kappa shape index (κ2) is 7.09. The molecule has 0 saturated heterocycles. The van der Waals surface area contributed by atoms with Gasteiger partial charge in [-0.25, -0.2) is 8.42 Å².